The molecule has 0 aromatic carbocycles. The first-order valence-corrected chi connectivity index (χ1v) is 6.01. The fraction of sp³-hybridized carbons (Fsp3) is 0.846. The highest BCUT2D eigenvalue weighted by atomic mass is 14.4. The third-order valence-corrected chi connectivity index (χ3v) is 3.92. The molecule has 2 atom stereocenters. The van der Waals surface area contributed by atoms with E-state index in [0.717, 1.165) is 17.8 Å². The minimum absolute atomic E-state index is 1.08. The van der Waals surface area contributed by atoms with Gasteiger partial charge in [-0.15, -0.1) is 6.58 Å². The molecule has 0 saturated heterocycles. The van der Waals surface area contributed by atoms with E-state index in [4.69, 9.17) is 0 Å². The Morgan fingerprint density at radius 1 is 1.15 bits per heavy atom. The van der Waals surface area contributed by atoms with Crippen molar-refractivity contribution in [1.82, 2.24) is 0 Å². The summed E-state index contributed by atoms with van der Waals surface area (Å²) in [5.74, 6) is 3.31. The molecule has 2 saturated carbocycles. The van der Waals surface area contributed by atoms with Crippen LogP contribution in [-0.2, 0) is 0 Å². The summed E-state index contributed by atoms with van der Waals surface area (Å²) in [6, 6.07) is 0. The Morgan fingerprint density at radius 3 is 2.62 bits per heavy atom. The maximum atomic E-state index is 3.79. The van der Waals surface area contributed by atoms with Crippen molar-refractivity contribution >= 4 is 0 Å². The van der Waals surface area contributed by atoms with Gasteiger partial charge in [0.15, 0.2) is 0 Å². The SMILES string of the molecule is C=CCCC1CC1CC1CCCC1. The second kappa shape index (κ2) is 4.30. The molecule has 0 N–H and O–H groups in total. The summed E-state index contributed by atoms with van der Waals surface area (Å²) in [6.07, 6.45) is 13.9. The Labute approximate surface area is 82.4 Å². The zero-order chi connectivity index (χ0) is 9.10. The van der Waals surface area contributed by atoms with Crippen LogP contribution in [0.25, 0.3) is 0 Å². The smallest absolute Gasteiger partial charge is 0.0351 e. The van der Waals surface area contributed by atoms with Gasteiger partial charge in [-0.1, -0.05) is 31.8 Å². The normalized spacial score (nSPS) is 33.5. The molecule has 0 nitrogen and oxygen atoms in total. The standard InChI is InChI=1S/C13H22/c1-2-3-8-12-10-13(12)9-11-6-4-5-7-11/h2,11-13H,1,3-10H2. The average Bonchev–Trinajstić information content (AvgIpc) is 2.62. The summed E-state index contributed by atoms with van der Waals surface area (Å²) in [6.45, 7) is 3.79. The lowest BCUT2D eigenvalue weighted by atomic mass is 9.99. The van der Waals surface area contributed by atoms with Crippen molar-refractivity contribution in [2.75, 3.05) is 0 Å². The van der Waals surface area contributed by atoms with Gasteiger partial charge in [-0.3, -0.25) is 0 Å². The van der Waals surface area contributed by atoms with Gasteiger partial charge in [0.05, 0.1) is 0 Å². The van der Waals surface area contributed by atoms with Crippen LogP contribution < -0.4 is 0 Å². The van der Waals surface area contributed by atoms with Gasteiger partial charge in [0, 0.05) is 0 Å². The van der Waals surface area contributed by atoms with E-state index in [2.05, 4.69) is 12.7 Å². The first-order chi connectivity index (χ1) is 6.40. The van der Waals surface area contributed by atoms with Crippen molar-refractivity contribution in [2.24, 2.45) is 17.8 Å². The van der Waals surface area contributed by atoms with Crippen molar-refractivity contribution in [3.63, 3.8) is 0 Å². The van der Waals surface area contributed by atoms with Crippen LogP contribution in [0.2, 0.25) is 0 Å². The molecule has 74 valence electrons. The van der Waals surface area contributed by atoms with E-state index in [1.165, 1.54) is 44.9 Å². The Morgan fingerprint density at radius 2 is 1.92 bits per heavy atom. The van der Waals surface area contributed by atoms with Crippen molar-refractivity contribution in [3.05, 3.63) is 12.7 Å². The largest absolute Gasteiger partial charge is 0.103 e. The highest BCUT2D eigenvalue weighted by molar-refractivity contribution is 4.89. The Kier molecular flexibility index (Phi) is 3.08. The summed E-state index contributed by atoms with van der Waals surface area (Å²) >= 11 is 0. The minimum atomic E-state index is 1.08. The van der Waals surface area contributed by atoms with Crippen molar-refractivity contribution in [1.29, 1.82) is 0 Å². The molecule has 0 aromatic heterocycles. The summed E-state index contributed by atoms with van der Waals surface area (Å²) in [5.41, 5.74) is 0. The van der Waals surface area contributed by atoms with Crippen LogP contribution in [0.5, 0.6) is 0 Å². The maximum absolute atomic E-state index is 3.79. The molecular weight excluding hydrogens is 156 g/mol. The first-order valence-electron chi connectivity index (χ1n) is 6.01. The van der Waals surface area contributed by atoms with Crippen LogP contribution >= 0.6 is 0 Å². The average molecular weight is 178 g/mol. The zero-order valence-electron chi connectivity index (χ0n) is 8.67. The molecule has 0 bridgehead atoms. The number of rotatable bonds is 5. The van der Waals surface area contributed by atoms with Crippen LogP contribution in [0.4, 0.5) is 0 Å². The van der Waals surface area contributed by atoms with E-state index >= 15 is 0 Å². The minimum Gasteiger partial charge on any atom is -0.103 e. The molecule has 0 radical (unpaired) electrons. The fourth-order valence-electron chi connectivity index (χ4n) is 2.96. The molecule has 2 unspecified atom stereocenters. The van der Waals surface area contributed by atoms with Crippen molar-refractivity contribution < 1.29 is 0 Å². The molecule has 0 aliphatic heterocycles. The van der Waals surface area contributed by atoms with Crippen LogP contribution in [0, 0.1) is 17.8 Å². The monoisotopic (exact) mass is 178 g/mol. The Bertz CT molecular complexity index is 165. The molecule has 13 heavy (non-hydrogen) atoms. The predicted molar refractivity (Wildman–Crippen MR) is 57.6 cm³/mol. The van der Waals surface area contributed by atoms with Crippen LogP contribution in [0.1, 0.15) is 51.4 Å². The zero-order valence-corrected chi connectivity index (χ0v) is 8.67. The van der Waals surface area contributed by atoms with E-state index in [9.17, 15) is 0 Å². The van der Waals surface area contributed by atoms with Gasteiger partial charge < -0.3 is 0 Å². The number of allylic oxidation sites excluding steroid dienone is 1. The lowest BCUT2D eigenvalue weighted by Gasteiger charge is -2.07. The molecule has 2 aliphatic rings. The second-order valence-corrected chi connectivity index (χ2v) is 5.01. The summed E-state index contributed by atoms with van der Waals surface area (Å²) in [5, 5.41) is 0. The predicted octanol–water partition coefficient (Wildman–Crippen LogP) is 4.17. The van der Waals surface area contributed by atoms with Gasteiger partial charge in [-0.05, 0) is 43.4 Å². The molecule has 0 spiro atoms. The molecule has 2 fully saturated rings. The molecule has 0 aromatic rings. The lowest BCUT2D eigenvalue weighted by molar-refractivity contribution is 0.448. The molecule has 0 amide bonds. The van der Waals surface area contributed by atoms with E-state index < -0.39 is 0 Å². The second-order valence-electron chi connectivity index (χ2n) is 5.01. The van der Waals surface area contributed by atoms with Gasteiger partial charge >= 0.3 is 0 Å². The van der Waals surface area contributed by atoms with Gasteiger partial charge in [-0.2, -0.15) is 0 Å². The molecule has 0 heterocycles. The van der Waals surface area contributed by atoms with Gasteiger partial charge in [-0.25, -0.2) is 0 Å². The first kappa shape index (κ1) is 9.30. The topological polar surface area (TPSA) is 0 Å². The third-order valence-electron chi connectivity index (χ3n) is 3.92. The number of hydrogen-bond acceptors (Lipinski definition) is 0. The lowest BCUT2D eigenvalue weighted by Crippen LogP contribution is -1.95. The fourth-order valence-corrected chi connectivity index (χ4v) is 2.96. The number of hydrogen-bond donors (Lipinski definition) is 0. The van der Waals surface area contributed by atoms with E-state index in [1.807, 2.05) is 0 Å². The van der Waals surface area contributed by atoms with E-state index in [0.29, 0.717) is 0 Å². The van der Waals surface area contributed by atoms with Gasteiger partial charge in [0.2, 0.25) is 0 Å². The summed E-state index contributed by atoms with van der Waals surface area (Å²) < 4.78 is 0. The van der Waals surface area contributed by atoms with Crippen LogP contribution in [-0.4, -0.2) is 0 Å². The van der Waals surface area contributed by atoms with Gasteiger partial charge in [0.1, 0.15) is 0 Å². The third kappa shape index (κ3) is 2.59. The highest BCUT2D eigenvalue weighted by Gasteiger charge is 2.37. The molecule has 2 aliphatic carbocycles. The summed E-state index contributed by atoms with van der Waals surface area (Å²) in [4.78, 5) is 0. The van der Waals surface area contributed by atoms with Gasteiger partial charge in [0.25, 0.3) is 0 Å². The molecule has 0 heteroatoms. The molecular formula is C13H22. The Hall–Kier alpha value is -0.260. The van der Waals surface area contributed by atoms with Crippen LogP contribution in [0.3, 0.4) is 0 Å². The quantitative estimate of drug-likeness (QED) is 0.554. The molecule has 2 rings (SSSR count). The summed E-state index contributed by atoms with van der Waals surface area (Å²) in [7, 11) is 0. The Balaban J connectivity index is 1.60. The maximum Gasteiger partial charge on any atom is -0.0351 e. The van der Waals surface area contributed by atoms with E-state index in [1.54, 1.807) is 6.42 Å². The van der Waals surface area contributed by atoms with Crippen molar-refractivity contribution in [2.45, 2.75) is 51.4 Å². The van der Waals surface area contributed by atoms with Crippen molar-refractivity contribution in [3.8, 4) is 0 Å². The van der Waals surface area contributed by atoms with E-state index in [-0.39, 0.29) is 0 Å². The highest BCUT2D eigenvalue weighted by Crippen LogP contribution is 2.48. The van der Waals surface area contributed by atoms with Crippen LogP contribution in [0.15, 0.2) is 12.7 Å².